The van der Waals surface area contributed by atoms with Gasteiger partial charge in [0.25, 0.3) is 11.8 Å². The molecule has 5 nitrogen and oxygen atoms in total. The van der Waals surface area contributed by atoms with Crippen LogP contribution in [0.25, 0.3) is 0 Å². The van der Waals surface area contributed by atoms with Crippen molar-refractivity contribution in [3.63, 3.8) is 0 Å². The van der Waals surface area contributed by atoms with Crippen LogP contribution >= 0.6 is 0 Å². The van der Waals surface area contributed by atoms with E-state index < -0.39 is 0 Å². The molecular formula is C21H19N3O2. The minimum absolute atomic E-state index is 0.207. The van der Waals surface area contributed by atoms with Gasteiger partial charge in [0.1, 0.15) is 5.69 Å². The first-order valence-corrected chi connectivity index (χ1v) is 8.28. The Morgan fingerprint density at radius 1 is 0.923 bits per heavy atom. The number of rotatable bonds is 5. The minimum atomic E-state index is -0.319. The van der Waals surface area contributed by atoms with Gasteiger partial charge in [-0.3, -0.25) is 14.6 Å². The molecule has 0 unspecified atom stereocenters. The molecular weight excluding hydrogens is 326 g/mol. The Balaban J connectivity index is 1.66. The maximum atomic E-state index is 12.3. The molecule has 2 amide bonds. The van der Waals surface area contributed by atoms with Crippen molar-refractivity contribution >= 4 is 17.5 Å². The number of aromatic nitrogens is 1. The summed E-state index contributed by atoms with van der Waals surface area (Å²) < 4.78 is 0. The highest BCUT2D eigenvalue weighted by Gasteiger charge is 2.12. The highest BCUT2D eigenvalue weighted by molar-refractivity contribution is 6.05. The lowest BCUT2D eigenvalue weighted by Gasteiger charge is -2.08. The third-order valence-corrected chi connectivity index (χ3v) is 3.82. The summed E-state index contributed by atoms with van der Waals surface area (Å²) in [6, 6.07) is 20.1. The van der Waals surface area contributed by atoms with Gasteiger partial charge < -0.3 is 10.6 Å². The van der Waals surface area contributed by atoms with Crippen molar-refractivity contribution in [3.05, 3.63) is 95.3 Å². The topological polar surface area (TPSA) is 71.1 Å². The van der Waals surface area contributed by atoms with E-state index in [2.05, 4.69) is 15.6 Å². The predicted molar refractivity (Wildman–Crippen MR) is 101 cm³/mol. The molecule has 3 rings (SSSR count). The molecule has 3 aromatic rings. The summed E-state index contributed by atoms with van der Waals surface area (Å²) in [7, 11) is 0. The zero-order valence-corrected chi connectivity index (χ0v) is 14.4. The Kier molecular flexibility index (Phi) is 5.39. The Labute approximate surface area is 152 Å². The van der Waals surface area contributed by atoms with E-state index in [1.54, 1.807) is 18.2 Å². The third kappa shape index (κ3) is 4.54. The van der Waals surface area contributed by atoms with E-state index in [1.807, 2.05) is 49.4 Å². The fourth-order valence-corrected chi connectivity index (χ4v) is 2.52. The third-order valence-electron chi connectivity index (χ3n) is 3.82. The quantitative estimate of drug-likeness (QED) is 0.742. The fraction of sp³-hybridized carbons (Fsp3) is 0.0952. The molecule has 0 aliphatic heterocycles. The smallest absolute Gasteiger partial charge is 0.270 e. The van der Waals surface area contributed by atoms with Crippen LogP contribution in [0, 0.1) is 6.92 Å². The summed E-state index contributed by atoms with van der Waals surface area (Å²) >= 11 is 0. The first kappa shape index (κ1) is 17.4. The van der Waals surface area contributed by atoms with Gasteiger partial charge in [-0.05, 0) is 36.8 Å². The van der Waals surface area contributed by atoms with Gasteiger partial charge in [-0.25, -0.2) is 0 Å². The van der Waals surface area contributed by atoms with Crippen LogP contribution in [0.4, 0.5) is 5.69 Å². The molecule has 0 saturated carbocycles. The van der Waals surface area contributed by atoms with Crippen molar-refractivity contribution in [2.24, 2.45) is 0 Å². The molecule has 130 valence electrons. The predicted octanol–water partition coefficient (Wildman–Crippen LogP) is 3.57. The molecule has 0 spiro atoms. The van der Waals surface area contributed by atoms with Crippen molar-refractivity contribution < 1.29 is 9.59 Å². The van der Waals surface area contributed by atoms with Crippen molar-refractivity contribution in [3.8, 4) is 0 Å². The van der Waals surface area contributed by atoms with Gasteiger partial charge >= 0.3 is 0 Å². The van der Waals surface area contributed by atoms with Crippen LogP contribution in [-0.4, -0.2) is 16.8 Å². The number of aryl methyl sites for hydroxylation is 1. The Bertz CT molecular complexity index is 923. The number of carbonyl (C=O) groups excluding carboxylic acids is 2. The summed E-state index contributed by atoms with van der Waals surface area (Å²) in [5.41, 5.74) is 3.42. The zero-order chi connectivity index (χ0) is 18.4. The Hall–Kier alpha value is -3.47. The van der Waals surface area contributed by atoms with Crippen LogP contribution in [0.2, 0.25) is 0 Å². The summed E-state index contributed by atoms with van der Waals surface area (Å²) in [4.78, 5) is 28.7. The molecule has 5 heteroatoms. The van der Waals surface area contributed by atoms with E-state index >= 15 is 0 Å². The van der Waals surface area contributed by atoms with E-state index in [9.17, 15) is 9.59 Å². The average Bonchev–Trinajstić information content (AvgIpc) is 2.67. The average molecular weight is 345 g/mol. The molecule has 26 heavy (non-hydrogen) atoms. The standard InChI is InChI=1S/C21H19N3O2/c1-15-6-5-7-16(12-15)14-23-21(26)19-13-17(10-11-22-19)20(25)24-18-8-3-2-4-9-18/h2-13H,14H2,1H3,(H,23,26)(H,24,25). The number of carbonyl (C=O) groups is 2. The van der Waals surface area contributed by atoms with Crippen molar-refractivity contribution in [1.82, 2.24) is 10.3 Å². The van der Waals surface area contributed by atoms with Gasteiger partial charge in [0, 0.05) is 24.0 Å². The van der Waals surface area contributed by atoms with Crippen molar-refractivity contribution in [1.29, 1.82) is 0 Å². The molecule has 0 saturated heterocycles. The van der Waals surface area contributed by atoms with Gasteiger partial charge in [-0.2, -0.15) is 0 Å². The van der Waals surface area contributed by atoms with Crippen LogP contribution in [0.5, 0.6) is 0 Å². The second-order valence-corrected chi connectivity index (χ2v) is 5.92. The number of pyridine rings is 1. The lowest BCUT2D eigenvalue weighted by atomic mass is 10.1. The van der Waals surface area contributed by atoms with Crippen LogP contribution in [0.1, 0.15) is 32.0 Å². The molecule has 0 atom stereocenters. The van der Waals surface area contributed by atoms with E-state index in [1.165, 1.54) is 12.3 Å². The highest BCUT2D eigenvalue weighted by Crippen LogP contribution is 2.10. The lowest BCUT2D eigenvalue weighted by Crippen LogP contribution is -2.24. The molecule has 1 aromatic heterocycles. The summed E-state index contributed by atoms with van der Waals surface area (Å²) in [6.45, 7) is 2.41. The summed E-state index contributed by atoms with van der Waals surface area (Å²) in [5.74, 6) is -0.604. The molecule has 0 radical (unpaired) electrons. The monoisotopic (exact) mass is 345 g/mol. The van der Waals surface area contributed by atoms with Gasteiger partial charge in [0.2, 0.25) is 0 Å². The van der Waals surface area contributed by atoms with E-state index in [-0.39, 0.29) is 17.5 Å². The van der Waals surface area contributed by atoms with Gasteiger partial charge in [0.15, 0.2) is 0 Å². The van der Waals surface area contributed by atoms with Crippen LogP contribution in [0.15, 0.2) is 72.9 Å². The summed E-state index contributed by atoms with van der Waals surface area (Å²) in [6.07, 6.45) is 1.46. The SMILES string of the molecule is Cc1cccc(CNC(=O)c2cc(C(=O)Nc3ccccc3)ccn2)c1. The molecule has 0 aliphatic rings. The number of para-hydroxylation sites is 1. The number of nitrogens with zero attached hydrogens (tertiary/aromatic N) is 1. The minimum Gasteiger partial charge on any atom is -0.347 e. The molecule has 2 aromatic carbocycles. The van der Waals surface area contributed by atoms with E-state index in [4.69, 9.17) is 0 Å². The van der Waals surface area contributed by atoms with Crippen molar-refractivity contribution in [2.45, 2.75) is 13.5 Å². The normalized spacial score (nSPS) is 10.2. The highest BCUT2D eigenvalue weighted by atomic mass is 16.2. The molecule has 2 N–H and O–H groups in total. The van der Waals surface area contributed by atoms with Gasteiger partial charge in [0.05, 0.1) is 0 Å². The van der Waals surface area contributed by atoms with Gasteiger partial charge in [-0.15, -0.1) is 0 Å². The maximum absolute atomic E-state index is 12.3. The van der Waals surface area contributed by atoms with Crippen LogP contribution < -0.4 is 10.6 Å². The molecule has 1 heterocycles. The second kappa shape index (κ2) is 8.07. The number of nitrogens with one attached hydrogen (secondary N) is 2. The largest absolute Gasteiger partial charge is 0.347 e. The van der Waals surface area contributed by atoms with Gasteiger partial charge in [-0.1, -0.05) is 48.0 Å². The molecule has 0 aliphatic carbocycles. The maximum Gasteiger partial charge on any atom is 0.270 e. The van der Waals surface area contributed by atoms with Crippen molar-refractivity contribution in [2.75, 3.05) is 5.32 Å². The summed E-state index contributed by atoms with van der Waals surface area (Å²) in [5, 5.41) is 5.62. The Morgan fingerprint density at radius 2 is 1.73 bits per heavy atom. The fourth-order valence-electron chi connectivity index (χ4n) is 2.52. The number of benzene rings is 2. The van der Waals surface area contributed by atoms with E-state index in [0.717, 1.165) is 11.1 Å². The molecule has 0 fully saturated rings. The number of amides is 2. The first-order valence-electron chi connectivity index (χ1n) is 8.28. The number of hydrogen-bond acceptors (Lipinski definition) is 3. The molecule has 0 bridgehead atoms. The number of hydrogen-bond donors (Lipinski definition) is 2. The zero-order valence-electron chi connectivity index (χ0n) is 14.4. The number of anilines is 1. The second-order valence-electron chi connectivity index (χ2n) is 5.92. The lowest BCUT2D eigenvalue weighted by molar-refractivity contribution is 0.0946. The first-order chi connectivity index (χ1) is 12.6. The van der Waals surface area contributed by atoms with Crippen LogP contribution in [-0.2, 0) is 6.54 Å². The van der Waals surface area contributed by atoms with Crippen LogP contribution in [0.3, 0.4) is 0 Å². The van der Waals surface area contributed by atoms with E-state index in [0.29, 0.717) is 17.8 Å². The Morgan fingerprint density at radius 3 is 2.50 bits per heavy atom.